The van der Waals surface area contributed by atoms with E-state index in [-0.39, 0.29) is 11.1 Å². The Hall–Kier alpha value is -2.35. The molecular formula is C17H12Cl2N2O2. The van der Waals surface area contributed by atoms with Crippen LogP contribution in [0.25, 0.3) is 17.2 Å². The SMILES string of the molecule is C=Cc1nc(C)c(C#N)c(-c2ccc(Cl)cc2Cl)c1C(=O)OC. The molecule has 0 aliphatic rings. The highest BCUT2D eigenvalue weighted by atomic mass is 35.5. The molecule has 0 amide bonds. The second-order valence-corrected chi connectivity index (χ2v) is 5.48. The molecule has 6 heteroatoms. The Morgan fingerprint density at radius 3 is 2.65 bits per heavy atom. The summed E-state index contributed by atoms with van der Waals surface area (Å²) in [6, 6.07) is 6.91. The standard InChI is InChI=1S/C17H12Cl2N2O2/c1-4-14-16(17(22)23-3)15(12(8-20)9(2)21-14)11-6-5-10(18)7-13(11)19/h4-7H,1H2,2-3H3. The van der Waals surface area contributed by atoms with E-state index in [9.17, 15) is 10.1 Å². The molecule has 0 saturated carbocycles. The number of esters is 1. The Bertz CT molecular complexity index is 855. The van der Waals surface area contributed by atoms with Crippen molar-refractivity contribution in [2.75, 3.05) is 7.11 Å². The van der Waals surface area contributed by atoms with Gasteiger partial charge in [-0.1, -0.05) is 35.8 Å². The molecule has 0 atom stereocenters. The zero-order chi connectivity index (χ0) is 17.1. The third-order valence-electron chi connectivity index (χ3n) is 3.30. The van der Waals surface area contributed by atoms with Gasteiger partial charge in [-0.05, 0) is 25.1 Å². The van der Waals surface area contributed by atoms with Gasteiger partial charge < -0.3 is 4.74 Å². The van der Waals surface area contributed by atoms with Crippen LogP contribution < -0.4 is 0 Å². The van der Waals surface area contributed by atoms with Crippen molar-refractivity contribution in [3.05, 3.63) is 57.3 Å². The molecule has 0 saturated heterocycles. The molecule has 0 aliphatic carbocycles. The van der Waals surface area contributed by atoms with Crippen molar-refractivity contribution < 1.29 is 9.53 Å². The van der Waals surface area contributed by atoms with Gasteiger partial charge in [-0.2, -0.15) is 5.26 Å². The van der Waals surface area contributed by atoms with Gasteiger partial charge in [0.1, 0.15) is 6.07 Å². The van der Waals surface area contributed by atoms with E-state index in [4.69, 9.17) is 27.9 Å². The van der Waals surface area contributed by atoms with Gasteiger partial charge in [-0.15, -0.1) is 0 Å². The number of nitriles is 1. The van der Waals surface area contributed by atoms with Crippen molar-refractivity contribution in [1.82, 2.24) is 4.98 Å². The lowest BCUT2D eigenvalue weighted by Gasteiger charge is -2.15. The molecule has 0 N–H and O–H groups in total. The number of aromatic nitrogens is 1. The molecule has 23 heavy (non-hydrogen) atoms. The largest absolute Gasteiger partial charge is 0.465 e. The summed E-state index contributed by atoms with van der Waals surface area (Å²) in [6.45, 7) is 5.35. The number of hydrogen-bond donors (Lipinski definition) is 0. The van der Waals surface area contributed by atoms with E-state index < -0.39 is 5.97 Å². The summed E-state index contributed by atoms with van der Waals surface area (Å²) >= 11 is 12.2. The molecule has 2 aromatic rings. The summed E-state index contributed by atoms with van der Waals surface area (Å²) in [5.74, 6) is -0.620. The third kappa shape index (κ3) is 3.07. The van der Waals surface area contributed by atoms with Crippen LogP contribution in [0.2, 0.25) is 10.0 Å². The van der Waals surface area contributed by atoms with Gasteiger partial charge in [0.25, 0.3) is 0 Å². The summed E-state index contributed by atoms with van der Waals surface area (Å²) in [6.07, 6.45) is 1.44. The summed E-state index contributed by atoms with van der Waals surface area (Å²) in [5.41, 5.74) is 2.06. The van der Waals surface area contributed by atoms with Crippen LogP contribution in [-0.2, 0) is 4.74 Å². The minimum atomic E-state index is -0.620. The molecular weight excluding hydrogens is 335 g/mol. The van der Waals surface area contributed by atoms with Crippen LogP contribution in [-0.4, -0.2) is 18.1 Å². The molecule has 0 aliphatic heterocycles. The Morgan fingerprint density at radius 1 is 1.43 bits per heavy atom. The number of hydrogen-bond acceptors (Lipinski definition) is 4. The lowest BCUT2D eigenvalue weighted by atomic mass is 9.92. The number of carbonyl (C=O) groups is 1. The highest BCUT2D eigenvalue weighted by Gasteiger charge is 2.25. The molecule has 0 radical (unpaired) electrons. The maximum Gasteiger partial charge on any atom is 0.340 e. The topological polar surface area (TPSA) is 63.0 Å². The van der Waals surface area contributed by atoms with Crippen LogP contribution in [0.3, 0.4) is 0 Å². The highest BCUT2D eigenvalue weighted by molar-refractivity contribution is 6.36. The Balaban J connectivity index is 2.99. The van der Waals surface area contributed by atoms with Crippen molar-refractivity contribution in [1.29, 1.82) is 5.26 Å². The number of methoxy groups -OCH3 is 1. The molecule has 1 aromatic carbocycles. The van der Waals surface area contributed by atoms with Crippen LogP contribution in [0, 0.1) is 18.3 Å². The fourth-order valence-corrected chi connectivity index (χ4v) is 2.78. The number of halogens is 2. The maximum absolute atomic E-state index is 12.3. The average Bonchev–Trinajstić information content (AvgIpc) is 2.53. The summed E-state index contributed by atoms with van der Waals surface area (Å²) in [4.78, 5) is 16.5. The van der Waals surface area contributed by atoms with Gasteiger partial charge in [0.2, 0.25) is 0 Å². The number of aryl methyl sites for hydroxylation is 1. The second-order valence-electron chi connectivity index (χ2n) is 4.64. The molecule has 0 spiro atoms. The van der Waals surface area contributed by atoms with Gasteiger partial charge in [0, 0.05) is 21.2 Å². The van der Waals surface area contributed by atoms with Crippen LogP contribution in [0.4, 0.5) is 0 Å². The fraction of sp³-hybridized carbons (Fsp3) is 0.118. The van der Waals surface area contributed by atoms with Gasteiger partial charge in [0.05, 0.1) is 29.6 Å². The third-order valence-corrected chi connectivity index (χ3v) is 3.85. The maximum atomic E-state index is 12.3. The minimum Gasteiger partial charge on any atom is -0.465 e. The van der Waals surface area contributed by atoms with E-state index >= 15 is 0 Å². The van der Waals surface area contributed by atoms with Gasteiger partial charge in [-0.3, -0.25) is 4.98 Å². The predicted octanol–water partition coefficient (Wildman–Crippen LogP) is 4.67. The Labute approximate surface area is 143 Å². The number of rotatable bonds is 3. The first-order valence-corrected chi connectivity index (χ1v) is 7.31. The molecule has 4 nitrogen and oxygen atoms in total. The number of ether oxygens (including phenoxy) is 1. The van der Waals surface area contributed by atoms with Crippen molar-refractivity contribution >= 4 is 35.2 Å². The van der Waals surface area contributed by atoms with Crippen LogP contribution in [0.15, 0.2) is 24.8 Å². The lowest BCUT2D eigenvalue weighted by molar-refractivity contribution is 0.0601. The second kappa shape index (κ2) is 6.82. The smallest absolute Gasteiger partial charge is 0.340 e. The molecule has 0 unspecified atom stereocenters. The normalized spacial score (nSPS) is 10.0. The Morgan fingerprint density at radius 2 is 2.13 bits per heavy atom. The van der Waals surface area contributed by atoms with Crippen LogP contribution in [0.5, 0.6) is 0 Å². The number of pyridine rings is 1. The van der Waals surface area contributed by atoms with Gasteiger partial charge >= 0.3 is 5.97 Å². The van der Waals surface area contributed by atoms with Crippen molar-refractivity contribution in [3.63, 3.8) is 0 Å². The number of benzene rings is 1. The highest BCUT2D eigenvalue weighted by Crippen LogP contribution is 2.37. The minimum absolute atomic E-state index is 0.147. The van der Waals surface area contributed by atoms with E-state index in [2.05, 4.69) is 17.6 Å². The van der Waals surface area contributed by atoms with E-state index in [0.29, 0.717) is 32.6 Å². The van der Waals surface area contributed by atoms with E-state index in [1.165, 1.54) is 13.2 Å². The first-order chi connectivity index (χ1) is 10.9. The first-order valence-electron chi connectivity index (χ1n) is 6.55. The van der Waals surface area contributed by atoms with E-state index in [1.807, 2.05) is 0 Å². The Kier molecular flexibility index (Phi) is 5.05. The zero-order valence-electron chi connectivity index (χ0n) is 12.5. The van der Waals surface area contributed by atoms with Crippen LogP contribution >= 0.6 is 23.2 Å². The molecule has 1 aromatic heterocycles. The van der Waals surface area contributed by atoms with E-state index in [1.54, 1.807) is 25.1 Å². The monoisotopic (exact) mass is 346 g/mol. The molecule has 1 heterocycles. The number of carbonyl (C=O) groups excluding carboxylic acids is 1. The van der Waals surface area contributed by atoms with Crippen molar-refractivity contribution in [2.45, 2.75) is 6.92 Å². The lowest BCUT2D eigenvalue weighted by Crippen LogP contribution is -2.11. The molecule has 2 rings (SSSR count). The molecule has 116 valence electrons. The summed E-state index contributed by atoms with van der Waals surface area (Å²) in [5, 5.41) is 10.3. The molecule has 0 fully saturated rings. The average molecular weight is 347 g/mol. The zero-order valence-corrected chi connectivity index (χ0v) is 14.0. The summed E-state index contributed by atoms with van der Waals surface area (Å²) in [7, 11) is 1.26. The van der Waals surface area contributed by atoms with Gasteiger partial charge in [-0.25, -0.2) is 4.79 Å². The quantitative estimate of drug-likeness (QED) is 0.757. The van der Waals surface area contributed by atoms with Crippen molar-refractivity contribution in [2.24, 2.45) is 0 Å². The van der Waals surface area contributed by atoms with Gasteiger partial charge in [0.15, 0.2) is 0 Å². The van der Waals surface area contributed by atoms with Crippen LogP contribution in [0.1, 0.15) is 27.3 Å². The summed E-state index contributed by atoms with van der Waals surface area (Å²) < 4.78 is 4.84. The molecule has 0 bridgehead atoms. The first kappa shape index (κ1) is 17.0. The predicted molar refractivity (Wildman–Crippen MR) is 90.6 cm³/mol. The van der Waals surface area contributed by atoms with Crippen molar-refractivity contribution in [3.8, 4) is 17.2 Å². The fourth-order valence-electron chi connectivity index (χ4n) is 2.28. The number of nitrogens with zero attached hydrogens (tertiary/aromatic N) is 2. The van der Waals surface area contributed by atoms with E-state index in [0.717, 1.165) is 0 Å².